The molecule has 1 amide bonds. The summed E-state index contributed by atoms with van der Waals surface area (Å²) in [5, 5.41) is 2.91. The first-order valence-corrected chi connectivity index (χ1v) is 7.81. The highest BCUT2D eigenvalue weighted by atomic mass is 19.4. The molecule has 3 N–H and O–H groups in total. The van der Waals surface area contributed by atoms with Crippen molar-refractivity contribution in [3.8, 4) is 17.4 Å². The Balaban J connectivity index is 1.70. The van der Waals surface area contributed by atoms with Gasteiger partial charge < -0.3 is 20.5 Å². The van der Waals surface area contributed by atoms with E-state index in [1.165, 1.54) is 42.7 Å². The maximum atomic E-state index is 12.2. The van der Waals surface area contributed by atoms with Gasteiger partial charge >= 0.3 is 6.36 Å². The molecule has 1 heterocycles. The predicted molar refractivity (Wildman–Crippen MR) is 93.5 cm³/mol. The molecule has 10 heteroatoms. The van der Waals surface area contributed by atoms with Gasteiger partial charge in [-0.15, -0.1) is 13.2 Å². The number of alkyl halides is 3. The molecule has 0 saturated carbocycles. The van der Waals surface area contributed by atoms with Gasteiger partial charge in [0.1, 0.15) is 23.6 Å². The van der Waals surface area contributed by atoms with E-state index in [0.717, 1.165) is 0 Å². The fourth-order valence-corrected chi connectivity index (χ4v) is 2.19. The number of halogens is 3. The van der Waals surface area contributed by atoms with E-state index in [9.17, 15) is 18.0 Å². The summed E-state index contributed by atoms with van der Waals surface area (Å²) in [6.07, 6.45) is -3.50. The van der Waals surface area contributed by atoms with Crippen LogP contribution >= 0.6 is 0 Å². The summed E-state index contributed by atoms with van der Waals surface area (Å²) in [6, 6.07) is 12.9. The summed E-state index contributed by atoms with van der Waals surface area (Å²) in [4.78, 5) is 19.2. The molecule has 3 rings (SSSR count). The second kappa shape index (κ2) is 7.82. The molecule has 7 nitrogen and oxygen atoms in total. The van der Waals surface area contributed by atoms with Crippen molar-refractivity contribution in [1.82, 2.24) is 9.97 Å². The Labute approximate surface area is 156 Å². The van der Waals surface area contributed by atoms with Crippen molar-refractivity contribution in [2.75, 3.05) is 5.32 Å². The molecule has 0 aliphatic heterocycles. The van der Waals surface area contributed by atoms with Crippen LogP contribution in [0.2, 0.25) is 0 Å². The molecule has 0 bridgehead atoms. The van der Waals surface area contributed by atoms with Crippen LogP contribution in [0.3, 0.4) is 0 Å². The lowest BCUT2D eigenvalue weighted by molar-refractivity contribution is -0.274. The molecule has 0 aliphatic carbocycles. The first-order valence-electron chi connectivity index (χ1n) is 7.81. The maximum absolute atomic E-state index is 12.2. The number of carbonyl (C=O) groups is 1. The number of amides is 1. The number of aromatic nitrogens is 2. The van der Waals surface area contributed by atoms with Crippen molar-refractivity contribution in [2.24, 2.45) is 5.73 Å². The van der Waals surface area contributed by atoms with Crippen LogP contribution in [0.25, 0.3) is 0 Å². The van der Waals surface area contributed by atoms with E-state index in [-0.39, 0.29) is 17.2 Å². The lowest BCUT2D eigenvalue weighted by Gasteiger charge is -2.11. The van der Waals surface area contributed by atoms with E-state index in [0.29, 0.717) is 17.3 Å². The van der Waals surface area contributed by atoms with Crippen molar-refractivity contribution in [1.29, 1.82) is 0 Å². The zero-order chi connectivity index (χ0) is 20.1. The lowest BCUT2D eigenvalue weighted by Crippen LogP contribution is -2.16. The minimum Gasteiger partial charge on any atom is -0.439 e. The highest BCUT2D eigenvalue weighted by Gasteiger charge is 2.30. The number of anilines is 2. The molecule has 0 saturated heterocycles. The van der Waals surface area contributed by atoms with Gasteiger partial charge in [-0.1, -0.05) is 6.07 Å². The maximum Gasteiger partial charge on any atom is 0.573 e. The molecule has 144 valence electrons. The molecular formula is C18H13F3N4O3. The van der Waals surface area contributed by atoms with Crippen molar-refractivity contribution in [3.63, 3.8) is 0 Å². The number of rotatable bonds is 6. The Morgan fingerprint density at radius 1 is 1.00 bits per heavy atom. The SMILES string of the molecule is NC(=O)c1cccc(Oc2cc(Nc3ccc(OC(F)(F)F)cc3)ncn2)c1. The first kappa shape index (κ1) is 19.0. The molecule has 0 atom stereocenters. The Morgan fingerprint density at radius 2 is 1.75 bits per heavy atom. The van der Waals surface area contributed by atoms with Crippen LogP contribution in [-0.4, -0.2) is 22.2 Å². The van der Waals surface area contributed by atoms with Crippen LogP contribution in [0.4, 0.5) is 24.7 Å². The number of nitrogens with one attached hydrogen (secondary N) is 1. The van der Waals surface area contributed by atoms with Gasteiger partial charge in [-0.05, 0) is 42.5 Å². The predicted octanol–water partition coefficient (Wildman–Crippen LogP) is 4.01. The average molecular weight is 390 g/mol. The van der Waals surface area contributed by atoms with Crippen molar-refractivity contribution in [3.05, 3.63) is 66.5 Å². The largest absolute Gasteiger partial charge is 0.573 e. The van der Waals surface area contributed by atoms with Crippen molar-refractivity contribution < 1.29 is 27.4 Å². The standard InChI is InChI=1S/C18H13F3N4O3/c19-18(20,21)28-13-6-4-12(5-7-13)25-15-9-16(24-10-23-15)27-14-3-1-2-11(8-14)17(22)26/h1-10H,(H2,22,26)(H,23,24,25). The molecule has 0 aliphatic rings. The van der Waals surface area contributed by atoms with E-state index < -0.39 is 12.3 Å². The molecule has 0 radical (unpaired) electrons. The third-order valence-corrected chi connectivity index (χ3v) is 3.34. The van der Waals surface area contributed by atoms with Gasteiger partial charge in [0.2, 0.25) is 11.8 Å². The zero-order valence-electron chi connectivity index (χ0n) is 14.1. The summed E-state index contributed by atoms with van der Waals surface area (Å²) < 4.78 is 46.0. The summed E-state index contributed by atoms with van der Waals surface area (Å²) in [7, 11) is 0. The topological polar surface area (TPSA) is 99.4 Å². The van der Waals surface area contributed by atoms with Gasteiger partial charge in [0, 0.05) is 17.3 Å². The number of primary amides is 1. The number of carbonyl (C=O) groups excluding carboxylic acids is 1. The summed E-state index contributed by atoms with van der Waals surface area (Å²) >= 11 is 0. The van der Waals surface area contributed by atoms with Gasteiger partial charge in [-0.3, -0.25) is 4.79 Å². The molecule has 2 aromatic carbocycles. The molecule has 0 spiro atoms. The minimum atomic E-state index is -4.75. The van der Waals surface area contributed by atoms with E-state index >= 15 is 0 Å². The number of nitrogens with two attached hydrogens (primary N) is 1. The fraction of sp³-hybridized carbons (Fsp3) is 0.0556. The normalized spacial score (nSPS) is 11.0. The molecule has 3 aromatic rings. The van der Waals surface area contributed by atoms with Crippen LogP contribution < -0.4 is 20.5 Å². The monoisotopic (exact) mass is 390 g/mol. The number of benzene rings is 2. The minimum absolute atomic E-state index is 0.191. The van der Waals surface area contributed by atoms with E-state index in [2.05, 4.69) is 20.0 Å². The molecule has 0 fully saturated rings. The Bertz CT molecular complexity index is 978. The van der Waals surface area contributed by atoms with Crippen LogP contribution in [0.5, 0.6) is 17.4 Å². The van der Waals surface area contributed by atoms with E-state index in [1.807, 2.05) is 0 Å². The Morgan fingerprint density at radius 3 is 2.43 bits per heavy atom. The quantitative estimate of drug-likeness (QED) is 0.660. The zero-order valence-corrected chi connectivity index (χ0v) is 14.1. The fourth-order valence-electron chi connectivity index (χ4n) is 2.19. The van der Waals surface area contributed by atoms with Crippen LogP contribution in [0.1, 0.15) is 10.4 Å². The van der Waals surface area contributed by atoms with E-state index in [1.54, 1.807) is 18.2 Å². The number of hydrogen-bond donors (Lipinski definition) is 2. The first-order chi connectivity index (χ1) is 13.3. The van der Waals surface area contributed by atoms with Crippen molar-refractivity contribution >= 4 is 17.4 Å². The van der Waals surface area contributed by atoms with Gasteiger partial charge in [-0.2, -0.15) is 0 Å². The van der Waals surface area contributed by atoms with Crippen LogP contribution in [-0.2, 0) is 0 Å². The second-order valence-electron chi connectivity index (χ2n) is 5.43. The highest BCUT2D eigenvalue weighted by Crippen LogP contribution is 2.26. The number of hydrogen-bond acceptors (Lipinski definition) is 6. The molecule has 1 aromatic heterocycles. The summed E-state index contributed by atoms with van der Waals surface area (Å²) in [5.74, 6) is -0.0289. The summed E-state index contributed by atoms with van der Waals surface area (Å²) in [5.41, 5.74) is 5.99. The highest BCUT2D eigenvalue weighted by molar-refractivity contribution is 5.93. The van der Waals surface area contributed by atoms with E-state index in [4.69, 9.17) is 10.5 Å². The Hall–Kier alpha value is -3.82. The smallest absolute Gasteiger partial charge is 0.439 e. The number of nitrogens with zero attached hydrogens (tertiary/aromatic N) is 2. The van der Waals surface area contributed by atoms with Crippen LogP contribution in [0.15, 0.2) is 60.9 Å². The van der Waals surface area contributed by atoms with Gasteiger partial charge in [0.05, 0.1) is 0 Å². The average Bonchev–Trinajstić information content (AvgIpc) is 2.63. The van der Waals surface area contributed by atoms with Crippen LogP contribution in [0, 0.1) is 0 Å². The molecule has 0 unspecified atom stereocenters. The van der Waals surface area contributed by atoms with Gasteiger partial charge in [0.25, 0.3) is 0 Å². The molecular weight excluding hydrogens is 377 g/mol. The number of ether oxygens (including phenoxy) is 2. The van der Waals surface area contributed by atoms with Gasteiger partial charge in [0.15, 0.2) is 0 Å². The summed E-state index contributed by atoms with van der Waals surface area (Å²) in [6.45, 7) is 0. The molecule has 28 heavy (non-hydrogen) atoms. The lowest BCUT2D eigenvalue weighted by atomic mass is 10.2. The van der Waals surface area contributed by atoms with Gasteiger partial charge in [-0.25, -0.2) is 9.97 Å². The second-order valence-corrected chi connectivity index (χ2v) is 5.43. The Kier molecular flexibility index (Phi) is 5.30. The van der Waals surface area contributed by atoms with Crippen molar-refractivity contribution in [2.45, 2.75) is 6.36 Å². The third kappa shape index (κ3) is 5.34. The third-order valence-electron chi connectivity index (χ3n) is 3.34.